The van der Waals surface area contributed by atoms with E-state index in [1.54, 1.807) is 5.38 Å². The summed E-state index contributed by atoms with van der Waals surface area (Å²) >= 11 is 1.38. The van der Waals surface area contributed by atoms with Crippen molar-refractivity contribution < 1.29 is 9.59 Å². The number of urea groups is 1. The first-order valence-corrected chi connectivity index (χ1v) is 7.93. The highest BCUT2D eigenvalue weighted by atomic mass is 32.1. The maximum atomic E-state index is 11.9. The lowest BCUT2D eigenvalue weighted by molar-refractivity contribution is 0.0932. The average molecular weight is 318 g/mol. The zero-order valence-corrected chi connectivity index (χ0v) is 13.1. The van der Waals surface area contributed by atoms with Gasteiger partial charge in [0.05, 0.1) is 0 Å². The van der Waals surface area contributed by atoms with Crippen molar-refractivity contribution in [1.29, 1.82) is 0 Å². The van der Waals surface area contributed by atoms with E-state index in [-0.39, 0.29) is 5.69 Å². The zero-order valence-electron chi connectivity index (χ0n) is 12.3. The molecule has 0 unspecified atom stereocenters. The van der Waals surface area contributed by atoms with Crippen LogP contribution in [0.4, 0.5) is 4.79 Å². The largest absolute Gasteiger partial charge is 0.337 e. The monoisotopic (exact) mass is 318 g/mol. The van der Waals surface area contributed by atoms with Crippen molar-refractivity contribution in [2.24, 2.45) is 0 Å². The standard InChI is InChI=1S/C15H18N4O2S/c1-2-3-9-16-15(21)19-18-13(20)12-10-22-14(17-12)11-7-5-4-6-8-11/h4-8,10H,2-3,9H2,1H3,(H,18,20)(H2,16,19,21). The third-order valence-electron chi connectivity index (χ3n) is 2.86. The second-order valence-corrected chi connectivity index (χ2v) is 5.45. The molecule has 0 aliphatic carbocycles. The first-order chi connectivity index (χ1) is 10.7. The first-order valence-electron chi connectivity index (χ1n) is 7.06. The Kier molecular flexibility index (Phi) is 5.91. The highest BCUT2D eigenvalue weighted by Crippen LogP contribution is 2.22. The number of nitrogens with one attached hydrogen (secondary N) is 3. The molecule has 0 aliphatic rings. The van der Waals surface area contributed by atoms with Gasteiger partial charge in [-0.25, -0.2) is 15.2 Å². The van der Waals surface area contributed by atoms with Gasteiger partial charge in [0.1, 0.15) is 10.7 Å². The predicted molar refractivity (Wildman–Crippen MR) is 86.5 cm³/mol. The molecule has 0 bridgehead atoms. The van der Waals surface area contributed by atoms with Gasteiger partial charge in [0, 0.05) is 17.5 Å². The van der Waals surface area contributed by atoms with Crippen LogP contribution in [-0.2, 0) is 0 Å². The molecular weight excluding hydrogens is 300 g/mol. The van der Waals surface area contributed by atoms with Crippen LogP contribution in [0.2, 0.25) is 0 Å². The molecule has 1 heterocycles. The number of hydrogen-bond donors (Lipinski definition) is 3. The normalized spacial score (nSPS) is 10.0. The van der Waals surface area contributed by atoms with E-state index in [1.165, 1.54) is 11.3 Å². The van der Waals surface area contributed by atoms with Gasteiger partial charge in [0.2, 0.25) is 0 Å². The van der Waals surface area contributed by atoms with Gasteiger partial charge in [-0.1, -0.05) is 43.7 Å². The second kappa shape index (κ2) is 8.14. The molecule has 116 valence electrons. The number of rotatable bonds is 5. The highest BCUT2D eigenvalue weighted by molar-refractivity contribution is 7.13. The van der Waals surface area contributed by atoms with Crippen LogP contribution in [0.5, 0.6) is 0 Å². The van der Waals surface area contributed by atoms with E-state index in [9.17, 15) is 9.59 Å². The summed E-state index contributed by atoms with van der Waals surface area (Å²) in [5.41, 5.74) is 5.87. The number of hydrogen-bond acceptors (Lipinski definition) is 4. The summed E-state index contributed by atoms with van der Waals surface area (Å²) in [4.78, 5) is 27.6. The number of carbonyl (C=O) groups is 2. The minimum atomic E-state index is -0.441. The van der Waals surface area contributed by atoms with Gasteiger partial charge >= 0.3 is 6.03 Å². The van der Waals surface area contributed by atoms with Crippen molar-refractivity contribution >= 4 is 23.3 Å². The lowest BCUT2D eigenvalue weighted by Gasteiger charge is -2.07. The molecule has 3 amide bonds. The smallest absolute Gasteiger partial charge is 0.333 e. The van der Waals surface area contributed by atoms with Crippen molar-refractivity contribution in [3.05, 3.63) is 41.4 Å². The summed E-state index contributed by atoms with van der Waals surface area (Å²) in [5.74, 6) is -0.441. The Bertz CT molecular complexity index is 627. The fraction of sp³-hybridized carbons (Fsp3) is 0.267. The van der Waals surface area contributed by atoms with E-state index >= 15 is 0 Å². The molecular formula is C15H18N4O2S. The SMILES string of the molecule is CCCCNC(=O)NNC(=O)c1csc(-c2ccccc2)n1. The van der Waals surface area contributed by atoms with Crippen LogP contribution in [-0.4, -0.2) is 23.5 Å². The van der Waals surface area contributed by atoms with Gasteiger partial charge in [0.15, 0.2) is 0 Å². The van der Waals surface area contributed by atoms with Crippen LogP contribution < -0.4 is 16.2 Å². The molecule has 0 aliphatic heterocycles. The Hall–Kier alpha value is -2.41. The third kappa shape index (κ3) is 4.56. The number of unbranched alkanes of at least 4 members (excludes halogenated alkanes) is 1. The van der Waals surface area contributed by atoms with E-state index in [4.69, 9.17) is 0 Å². The summed E-state index contributed by atoms with van der Waals surface area (Å²) in [6.07, 6.45) is 1.89. The topological polar surface area (TPSA) is 83.1 Å². The average Bonchev–Trinajstić information content (AvgIpc) is 3.04. The van der Waals surface area contributed by atoms with Gasteiger partial charge in [-0.2, -0.15) is 0 Å². The summed E-state index contributed by atoms with van der Waals surface area (Å²) in [7, 11) is 0. The molecule has 2 aromatic rings. The lowest BCUT2D eigenvalue weighted by Crippen LogP contribution is -2.47. The molecule has 0 saturated heterocycles. The number of amides is 3. The maximum Gasteiger partial charge on any atom is 0.333 e. The molecule has 0 atom stereocenters. The zero-order chi connectivity index (χ0) is 15.8. The maximum absolute atomic E-state index is 11.9. The Morgan fingerprint density at radius 1 is 1.18 bits per heavy atom. The van der Waals surface area contributed by atoms with Crippen LogP contribution in [0.1, 0.15) is 30.3 Å². The molecule has 6 nitrogen and oxygen atoms in total. The Morgan fingerprint density at radius 2 is 1.95 bits per heavy atom. The predicted octanol–water partition coefficient (Wildman–Crippen LogP) is 2.55. The van der Waals surface area contributed by atoms with Crippen LogP contribution in [0.3, 0.4) is 0 Å². The first kappa shape index (κ1) is 16.0. The quantitative estimate of drug-likeness (QED) is 0.585. The van der Waals surface area contributed by atoms with Crippen LogP contribution >= 0.6 is 11.3 Å². The van der Waals surface area contributed by atoms with Crippen molar-refractivity contribution in [3.8, 4) is 10.6 Å². The molecule has 7 heteroatoms. The Morgan fingerprint density at radius 3 is 2.68 bits per heavy atom. The van der Waals surface area contributed by atoms with E-state index < -0.39 is 11.9 Å². The molecule has 22 heavy (non-hydrogen) atoms. The molecule has 1 aromatic heterocycles. The summed E-state index contributed by atoms with van der Waals surface area (Å²) in [6, 6.07) is 9.18. The van der Waals surface area contributed by atoms with E-state index in [0.29, 0.717) is 6.54 Å². The van der Waals surface area contributed by atoms with E-state index in [1.807, 2.05) is 37.3 Å². The van der Waals surface area contributed by atoms with Crippen molar-refractivity contribution in [3.63, 3.8) is 0 Å². The second-order valence-electron chi connectivity index (χ2n) is 4.59. The van der Waals surface area contributed by atoms with Crippen molar-refractivity contribution in [1.82, 2.24) is 21.2 Å². The number of aromatic nitrogens is 1. The van der Waals surface area contributed by atoms with Gasteiger partial charge in [-0.3, -0.25) is 10.2 Å². The molecule has 0 saturated carbocycles. The number of carbonyl (C=O) groups excluding carboxylic acids is 2. The Balaban J connectivity index is 1.86. The van der Waals surface area contributed by atoms with Gasteiger partial charge in [-0.15, -0.1) is 11.3 Å². The molecule has 0 spiro atoms. The van der Waals surface area contributed by atoms with Crippen LogP contribution in [0, 0.1) is 0 Å². The van der Waals surface area contributed by atoms with Crippen molar-refractivity contribution in [2.45, 2.75) is 19.8 Å². The van der Waals surface area contributed by atoms with Gasteiger partial charge in [0.25, 0.3) is 5.91 Å². The lowest BCUT2D eigenvalue weighted by atomic mass is 10.2. The van der Waals surface area contributed by atoms with Crippen molar-refractivity contribution in [2.75, 3.05) is 6.54 Å². The minimum Gasteiger partial charge on any atom is -0.337 e. The summed E-state index contributed by atoms with van der Waals surface area (Å²) in [6.45, 7) is 2.61. The molecule has 0 radical (unpaired) electrons. The summed E-state index contributed by atoms with van der Waals surface area (Å²) < 4.78 is 0. The van der Waals surface area contributed by atoms with Crippen LogP contribution in [0.25, 0.3) is 10.6 Å². The fourth-order valence-electron chi connectivity index (χ4n) is 1.69. The molecule has 2 rings (SSSR count). The Labute approximate surface area is 132 Å². The number of benzene rings is 1. The number of thiazole rings is 1. The van der Waals surface area contributed by atoms with Crippen LogP contribution in [0.15, 0.2) is 35.7 Å². The van der Waals surface area contributed by atoms with Gasteiger partial charge < -0.3 is 5.32 Å². The third-order valence-corrected chi connectivity index (χ3v) is 3.75. The van der Waals surface area contributed by atoms with E-state index in [2.05, 4.69) is 21.2 Å². The number of nitrogens with zero attached hydrogens (tertiary/aromatic N) is 1. The van der Waals surface area contributed by atoms with Gasteiger partial charge in [-0.05, 0) is 6.42 Å². The molecule has 1 aromatic carbocycles. The van der Waals surface area contributed by atoms with E-state index in [0.717, 1.165) is 23.4 Å². The minimum absolute atomic E-state index is 0.276. The summed E-state index contributed by atoms with van der Waals surface area (Å²) in [5, 5.41) is 5.06. The number of hydrazine groups is 1. The molecule has 3 N–H and O–H groups in total. The molecule has 0 fully saturated rings. The fourth-order valence-corrected chi connectivity index (χ4v) is 2.50. The highest BCUT2D eigenvalue weighted by Gasteiger charge is 2.12.